The highest BCUT2D eigenvalue weighted by Crippen LogP contribution is 2.02. The van der Waals surface area contributed by atoms with E-state index in [0.29, 0.717) is 13.1 Å². The Hall–Kier alpha value is 0.180. The van der Waals surface area contributed by atoms with E-state index in [9.17, 15) is 8.42 Å². The van der Waals surface area contributed by atoms with Gasteiger partial charge in [-0.3, -0.25) is 0 Å². The van der Waals surface area contributed by atoms with E-state index in [0.717, 1.165) is 30.8 Å². The van der Waals surface area contributed by atoms with Gasteiger partial charge >= 0.3 is 0 Å². The molecule has 5 nitrogen and oxygen atoms in total. The number of thioether (sulfide) groups is 1. The van der Waals surface area contributed by atoms with Gasteiger partial charge in [-0.2, -0.15) is 24.5 Å². The van der Waals surface area contributed by atoms with Crippen LogP contribution in [-0.2, 0) is 10.2 Å². The minimum Gasteiger partial charge on any atom is -0.396 e. The van der Waals surface area contributed by atoms with Gasteiger partial charge in [-0.05, 0) is 18.6 Å². The highest BCUT2D eigenvalue weighted by Gasteiger charge is 2.15. The van der Waals surface area contributed by atoms with Gasteiger partial charge in [0.2, 0.25) is 0 Å². The molecule has 0 spiro atoms. The van der Waals surface area contributed by atoms with Crippen molar-refractivity contribution in [1.82, 2.24) is 9.03 Å². The first-order valence-electron chi connectivity index (χ1n) is 5.94. The molecule has 0 atom stereocenters. The molecule has 0 radical (unpaired) electrons. The molecule has 0 aliphatic rings. The molecular weight excluding hydrogens is 260 g/mol. The Balaban J connectivity index is 3.70. The van der Waals surface area contributed by atoms with Crippen molar-refractivity contribution in [1.29, 1.82) is 0 Å². The van der Waals surface area contributed by atoms with E-state index in [4.69, 9.17) is 5.11 Å². The number of aliphatic hydroxyl groups excluding tert-OH is 1. The van der Waals surface area contributed by atoms with Crippen molar-refractivity contribution in [3.8, 4) is 0 Å². The van der Waals surface area contributed by atoms with Gasteiger partial charge in [-0.15, -0.1) is 0 Å². The summed E-state index contributed by atoms with van der Waals surface area (Å²) in [5, 5.41) is 8.58. The fourth-order valence-electron chi connectivity index (χ4n) is 1.12. The number of rotatable bonds is 11. The van der Waals surface area contributed by atoms with Gasteiger partial charge in [0.05, 0.1) is 0 Å². The monoisotopic (exact) mass is 284 g/mol. The van der Waals surface area contributed by atoms with Gasteiger partial charge in [-0.1, -0.05) is 13.3 Å². The van der Waals surface area contributed by atoms with Crippen molar-refractivity contribution in [3.63, 3.8) is 0 Å². The minimum atomic E-state index is -3.30. The summed E-state index contributed by atoms with van der Waals surface area (Å²) in [5.41, 5.74) is 0. The first-order valence-corrected chi connectivity index (χ1v) is 8.53. The van der Waals surface area contributed by atoms with Crippen LogP contribution in [0.2, 0.25) is 0 Å². The maximum atomic E-state index is 11.7. The molecule has 0 unspecified atom stereocenters. The van der Waals surface area contributed by atoms with Gasteiger partial charge < -0.3 is 5.11 Å². The summed E-state index contributed by atoms with van der Waals surface area (Å²) in [5.74, 6) is 1.60. The van der Waals surface area contributed by atoms with E-state index in [-0.39, 0.29) is 6.61 Å². The zero-order valence-corrected chi connectivity index (χ0v) is 12.3. The number of nitrogens with zero attached hydrogens (tertiary/aromatic N) is 1. The van der Waals surface area contributed by atoms with Crippen molar-refractivity contribution in [2.24, 2.45) is 0 Å². The Labute approximate surface area is 109 Å². The van der Waals surface area contributed by atoms with Crippen molar-refractivity contribution in [2.75, 3.05) is 38.2 Å². The van der Waals surface area contributed by atoms with Gasteiger partial charge in [0, 0.05) is 32.5 Å². The second-order valence-electron chi connectivity index (χ2n) is 3.76. The fraction of sp³-hybridized carbons (Fsp3) is 1.00. The number of unbranched alkanes of at least 4 members (excludes halogenated alkanes) is 1. The van der Waals surface area contributed by atoms with Crippen LogP contribution in [0, 0.1) is 0 Å². The summed E-state index contributed by atoms with van der Waals surface area (Å²) in [6.07, 6.45) is 2.62. The SMILES string of the molecule is CCCCN(C)S(=O)(=O)NCCSCCCO. The largest absolute Gasteiger partial charge is 0.396 e. The van der Waals surface area contributed by atoms with Gasteiger partial charge in [0.15, 0.2) is 0 Å². The summed E-state index contributed by atoms with van der Waals surface area (Å²) in [7, 11) is -1.71. The third-order valence-electron chi connectivity index (χ3n) is 2.21. The summed E-state index contributed by atoms with van der Waals surface area (Å²) >= 11 is 1.64. The highest BCUT2D eigenvalue weighted by atomic mass is 32.2. The van der Waals surface area contributed by atoms with Crippen LogP contribution < -0.4 is 4.72 Å². The van der Waals surface area contributed by atoms with E-state index in [1.54, 1.807) is 18.8 Å². The third kappa shape index (κ3) is 8.84. The topological polar surface area (TPSA) is 69.6 Å². The molecule has 0 amide bonds. The zero-order chi connectivity index (χ0) is 13.1. The predicted molar refractivity (Wildman–Crippen MR) is 73.5 cm³/mol. The summed E-state index contributed by atoms with van der Waals surface area (Å²) in [6, 6.07) is 0. The zero-order valence-electron chi connectivity index (χ0n) is 10.7. The lowest BCUT2D eigenvalue weighted by molar-refractivity contribution is 0.296. The molecule has 104 valence electrons. The molecule has 0 saturated carbocycles. The smallest absolute Gasteiger partial charge is 0.279 e. The molecule has 0 saturated heterocycles. The van der Waals surface area contributed by atoms with Crippen LogP contribution in [0.1, 0.15) is 26.2 Å². The molecule has 0 heterocycles. The molecule has 0 rings (SSSR count). The Kier molecular flexibility index (Phi) is 10.2. The van der Waals surface area contributed by atoms with Crippen LogP contribution in [0.25, 0.3) is 0 Å². The Morgan fingerprint density at radius 1 is 1.29 bits per heavy atom. The Morgan fingerprint density at radius 3 is 2.59 bits per heavy atom. The number of hydrogen-bond donors (Lipinski definition) is 2. The van der Waals surface area contributed by atoms with Crippen molar-refractivity contribution in [3.05, 3.63) is 0 Å². The van der Waals surface area contributed by atoms with Crippen LogP contribution in [0.3, 0.4) is 0 Å². The standard InChI is InChI=1S/C10H24N2O3S2/c1-3-4-7-12(2)17(14,15)11-6-10-16-9-5-8-13/h11,13H,3-10H2,1-2H3. The lowest BCUT2D eigenvalue weighted by atomic mass is 10.3. The van der Waals surface area contributed by atoms with E-state index < -0.39 is 10.2 Å². The summed E-state index contributed by atoms with van der Waals surface area (Å²) < 4.78 is 27.3. The molecule has 0 aliphatic carbocycles. The Bertz CT molecular complexity index is 271. The number of aliphatic hydroxyl groups is 1. The molecule has 0 aliphatic heterocycles. The molecule has 2 N–H and O–H groups in total. The van der Waals surface area contributed by atoms with Crippen LogP contribution >= 0.6 is 11.8 Å². The fourth-order valence-corrected chi connectivity index (χ4v) is 2.99. The second-order valence-corrected chi connectivity index (χ2v) is 6.85. The third-order valence-corrected chi connectivity index (χ3v) is 4.86. The molecule has 0 fully saturated rings. The van der Waals surface area contributed by atoms with Gasteiger partial charge in [0.1, 0.15) is 0 Å². The summed E-state index contributed by atoms with van der Waals surface area (Å²) in [6.45, 7) is 3.22. The van der Waals surface area contributed by atoms with E-state index in [1.807, 2.05) is 6.92 Å². The van der Waals surface area contributed by atoms with Crippen LogP contribution in [0.5, 0.6) is 0 Å². The van der Waals surface area contributed by atoms with E-state index >= 15 is 0 Å². The van der Waals surface area contributed by atoms with Gasteiger partial charge in [0.25, 0.3) is 10.2 Å². The lowest BCUT2D eigenvalue weighted by Gasteiger charge is -2.17. The normalized spacial score (nSPS) is 12.2. The number of hydrogen-bond acceptors (Lipinski definition) is 4. The maximum absolute atomic E-state index is 11.7. The van der Waals surface area contributed by atoms with Crippen molar-refractivity contribution in [2.45, 2.75) is 26.2 Å². The quantitative estimate of drug-likeness (QED) is 0.547. The molecule has 7 heteroatoms. The second kappa shape index (κ2) is 10.1. The first-order chi connectivity index (χ1) is 8.04. The van der Waals surface area contributed by atoms with E-state index in [2.05, 4.69) is 4.72 Å². The van der Waals surface area contributed by atoms with E-state index in [1.165, 1.54) is 4.31 Å². The average molecular weight is 284 g/mol. The molecule has 0 aromatic carbocycles. The van der Waals surface area contributed by atoms with Crippen molar-refractivity contribution < 1.29 is 13.5 Å². The highest BCUT2D eigenvalue weighted by molar-refractivity contribution is 7.99. The Morgan fingerprint density at radius 2 is 2.00 bits per heavy atom. The molecule has 0 aromatic heterocycles. The van der Waals surface area contributed by atoms with Crippen LogP contribution in [-0.4, -0.2) is 56.1 Å². The minimum absolute atomic E-state index is 0.193. The first kappa shape index (κ1) is 17.2. The average Bonchev–Trinajstić information content (AvgIpc) is 2.30. The van der Waals surface area contributed by atoms with Crippen LogP contribution in [0.4, 0.5) is 0 Å². The molecular formula is C10H24N2O3S2. The predicted octanol–water partition coefficient (Wildman–Crippen LogP) is 0.668. The molecule has 0 aromatic rings. The maximum Gasteiger partial charge on any atom is 0.279 e. The molecule has 0 bridgehead atoms. The molecule has 17 heavy (non-hydrogen) atoms. The number of nitrogens with one attached hydrogen (secondary N) is 1. The van der Waals surface area contributed by atoms with Crippen LogP contribution in [0.15, 0.2) is 0 Å². The van der Waals surface area contributed by atoms with Crippen molar-refractivity contribution >= 4 is 22.0 Å². The summed E-state index contributed by atoms with van der Waals surface area (Å²) in [4.78, 5) is 0. The lowest BCUT2D eigenvalue weighted by Crippen LogP contribution is -2.39. The van der Waals surface area contributed by atoms with Gasteiger partial charge in [-0.25, -0.2) is 4.72 Å².